The summed E-state index contributed by atoms with van der Waals surface area (Å²) in [6.45, 7) is 1.36. The highest BCUT2D eigenvalue weighted by Crippen LogP contribution is 2.11. The van der Waals surface area contributed by atoms with Gasteiger partial charge in [0, 0.05) is 18.2 Å². The number of thiol groups is 1. The van der Waals surface area contributed by atoms with Gasteiger partial charge in [0.25, 0.3) is 0 Å². The van der Waals surface area contributed by atoms with E-state index in [9.17, 15) is 8.78 Å². The molecule has 84 valence electrons. The molecule has 0 amide bonds. The first-order valence-corrected chi connectivity index (χ1v) is 5.50. The minimum atomic E-state index is -0.533. The lowest BCUT2D eigenvalue weighted by Gasteiger charge is -2.16. The van der Waals surface area contributed by atoms with Gasteiger partial charge < -0.3 is 4.90 Å². The van der Waals surface area contributed by atoms with E-state index in [4.69, 9.17) is 0 Å². The quantitative estimate of drug-likeness (QED) is 0.763. The van der Waals surface area contributed by atoms with Crippen molar-refractivity contribution < 1.29 is 8.78 Å². The zero-order chi connectivity index (χ0) is 11.3. The number of nitrogens with zero attached hydrogens (tertiary/aromatic N) is 1. The summed E-state index contributed by atoms with van der Waals surface area (Å²) in [6, 6.07) is 3.69. The topological polar surface area (TPSA) is 3.24 Å². The molecule has 0 saturated carbocycles. The molecule has 1 nitrogen and oxygen atoms in total. The van der Waals surface area contributed by atoms with Crippen LogP contribution in [0.4, 0.5) is 8.78 Å². The fraction of sp³-hybridized carbons (Fsp3) is 0.455. The molecule has 0 heterocycles. The van der Waals surface area contributed by atoms with Crippen LogP contribution in [0.15, 0.2) is 18.2 Å². The van der Waals surface area contributed by atoms with Gasteiger partial charge in [0.1, 0.15) is 11.6 Å². The molecule has 0 bridgehead atoms. The van der Waals surface area contributed by atoms with Crippen LogP contribution in [0.1, 0.15) is 12.0 Å². The summed E-state index contributed by atoms with van der Waals surface area (Å²) in [6.07, 6.45) is 0.961. The molecule has 0 N–H and O–H groups in total. The first-order valence-electron chi connectivity index (χ1n) is 4.87. The van der Waals surface area contributed by atoms with Gasteiger partial charge in [-0.3, -0.25) is 0 Å². The maximum Gasteiger partial charge on any atom is 0.130 e. The molecule has 15 heavy (non-hydrogen) atoms. The maximum absolute atomic E-state index is 13.3. The molecule has 1 aromatic rings. The van der Waals surface area contributed by atoms with Crippen LogP contribution in [0.2, 0.25) is 0 Å². The van der Waals surface area contributed by atoms with Crippen LogP contribution < -0.4 is 0 Å². The van der Waals surface area contributed by atoms with Gasteiger partial charge >= 0.3 is 0 Å². The second-order valence-electron chi connectivity index (χ2n) is 3.55. The van der Waals surface area contributed by atoms with Crippen LogP contribution >= 0.6 is 12.6 Å². The van der Waals surface area contributed by atoms with E-state index < -0.39 is 11.6 Å². The van der Waals surface area contributed by atoms with Gasteiger partial charge in [-0.25, -0.2) is 8.78 Å². The van der Waals surface area contributed by atoms with Crippen molar-refractivity contribution in [1.82, 2.24) is 4.90 Å². The highest BCUT2D eigenvalue weighted by atomic mass is 32.1. The van der Waals surface area contributed by atoms with E-state index in [2.05, 4.69) is 12.6 Å². The highest BCUT2D eigenvalue weighted by Gasteiger charge is 2.06. The Morgan fingerprint density at radius 1 is 1.33 bits per heavy atom. The lowest BCUT2D eigenvalue weighted by Crippen LogP contribution is -2.20. The van der Waals surface area contributed by atoms with Gasteiger partial charge in [0.2, 0.25) is 0 Å². The van der Waals surface area contributed by atoms with Crippen LogP contribution in [0, 0.1) is 11.6 Å². The van der Waals surface area contributed by atoms with E-state index >= 15 is 0 Å². The third kappa shape index (κ3) is 4.18. The van der Waals surface area contributed by atoms with Crippen molar-refractivity contribution in [3.63, 3.8) is 0 Å². The molecule has 0 aromatic heterocycles. The van der Waals surface area contributed by atoms with E-state index in [0.717, 1.165) is 24.8 Å². The van der Waals surface area contributed by atoms with Gasteiger partial charge in [-0.2, -0.15) is 12.6 Å². The fourth-order valence-corrected chi connectivity index (χ4v) is 1.50. The Morgan fingerprint density at radius 2 is 2.07 bits per heavy atom. The number of benzene rings is 1. The Kier molecular flexibility index (Phi) is 5.05. The smallest absolute Gasteiger partial charge is 0.130 e. The first-order chi connectivity index (χ1) is 7.13. The standard InChI is InChI=1S/C11H15F2NS/c1-14(5-2-6-15)8-9-3-4-10(12)7-11(9)13/h3-4,7,15H,2,5-6,8H2,1H3. The maximum atomic E-state index is 13.3. The number of hydrogen-bond acceptors (Lipinski definition) is 2. The molecular weight excluding hydrogens is 216 g/mol. The lowest BCUT2D eigenvalue weighted by atomic mass is 10.2. The highest BCUT2D eigenvalue weighted by molar-refractivity contribution is 7.80. The van der Waals surface area contributed by atoms with Crippen LogP contribution in [0.5, 0.6) is 0 Å². The van der Waals surface area contributed by atoms with Gasteiger partial charge in [-0.1, -0.05) is 6.07 Å². The van der Waals surface area contributed by atoms with Gasteiger partial charge in [-0.15, -0.1) is 0 Å². The summed E-state index contributed by atoms with van der Waals surface area (Å²) in [4.78, 5) is 1.99. The molecule has 0 radical (unpaired) electrons. The Labute approximate surface area is 94.5 Å². The number of halogens is 2. The molecule has 0 aliphatic rings. The lowest BCUT2D eigenvalue weighted by molar-refractivity contribution is 0.322. The van der Waals surface area contributed by atoms with E-state index in [1.807, 2.05) is 11.9 Å². The molecular formula is C11H15F2NS. The van der Waals surface area contributed by atoms with E-state index in [1.165, 1.54) is 12.1 Å². The third-order valence-corrected chi connectivity index (χ3v) is 2.47. The summed E-state index contributed by atoms with van der Waals surface area (Å²) in [5.74, 6) is -0.196. The van der Waals surface area contributed by atoms with Gasteiger partial charge in [-0.05, 0) is 31.8 Å². The molecule has 0 unspecified atom stereocenters. The predicted molar refractivity (Wildman–Crippen MR) is 61.2 cm³/mol. The number of hydrogen-bond donors (Lipinski definition) is 1. The molecule has 4 heteroatoms. The summed E-state index contributed by atoms with van der Waals surface area (Å²) >= 11 is 4.10. The van der Waals surface area contributed by atoms with Crippen LogP contribution in [-0.2, 0) is 6.54 Å². The van der Waals surface area contributed by atoms with Crippen molar-refractivity contribution >= 4 is 12.6 Å². The van der Waals surface area contributed by atoms with Crippen molar-refractivity contribution in [2.75, 3.05) is 19.3 Å². The van der Waals surface area contributed by atoms with Crippen LogP contribution in [0.25, 0.3) is 0 Å². The van der Waals surface area contributed by atoms with Crippen LogP contribution in [-0.4, -0.2) is 24.2 Å². The fourth-order valence-electron chi connectivity index (χ4n) is 1.36. The molecule has 0 aliphatic heterocycles. The zero-order valence-corrected chi connectivity index (χ0v) is 9.61. The Morgan fingerprint density at radius 3 is 2.67 bits per heavy atom. The summed E-state index contributed by atoms with van der Waals surface area (Å²) in [7, 11) is 1.91. The van der Waals surface area contributed by atoms with Crippen LogP contribution in [0.3, 0.4) is 0 Å². The van der Waals surface area contributed by atoms with Crippen molar-refractivity contribution in [1.29, 1.82) is 0 Å². The third-order valence-electron chi connectivity index (χ3n) is 2.15. The van der Waals surface area contributed by atoms with E-state index in [1.54, 1.807) is 0 Å². The molecule has 0 aliphatic carbocycles. The summed E-state index contributed by atoms with van der Waals surface area (Å²) in [5.41, 5.74) is 0.526. The SMILES string of the molecule is CN(CCCS)Cc1ccc(F)cc1F. The second-order valence-corrected chi connectivity index (χ2v) is 4.00. The molecule has 0 spiro atoms. The summed E-state index contributed by atoms with van der Waals surface area (Å²) in [5, 5.41) is 0. The second kappa shape index (κ2) is 6.08. The van der Waals surface area contributed by atoms with Crippen molar-refractivity contribution in [3.05, 3.63) is 35.4 Å². The Bertz CT molecular complexity index is 317. The van der Waals surface area contributed by atoms with Crippen molar-refractivity contribution in [2.24, 2.45) is 0 Å². The Balaban J connectivity index is 2.56. The van der Waals surface area contributed by atoms with Crippen molar-refractivity contribution in [3.8, 4) is 0 Å². The minimum absolute atomic E-state index is 0.479. The van der Waals surface area contributed by atoms with Gasteiger partial charge in [0.15, 0.2) is 0 Å². The normalized spacial score (nSPS) is 11.0. The average Bonchev–Trinajstić information content (AvgIpc) is 2.19. The largest absolute Gasteiger partial charge is 0.302 e. The zero-order valence-electron chi connectivity index (χ0n) is 8.71. The van der Waals surface area contributed by atoms with Gasteiger partial charge in [0.05, 0.1) is 0 Å². The van der Waals surface area contributed by atoms with Crippen molar-refractivity contribution in [2.45, 2.75) is 13.0 Å². The monoisotopic (exact) mass is 231 g/mol. The van der Waals surface area contributed by atoms with E-state index in [-0.39, 0.29) is 0 Å². The molecule has 1 rings (SSSR count). The predicted octanol–water partition coefficient (Wildman–Crippen LogP) is 2.72. The molecule has 0 saturated heterocycles. The average molecular weight is 231 g/mol. The molecule has 0 fully saturated rings. The Hall–Kier alpha value is -0.610. The first kappa shape index (κ1) is 12.5. The van der Waals surface area contributed by atoms with E-state index in [0.29, 0.717) is 12.1 Å². The molecule has 1 aromatic carbocycles. The minimum Gasteiger partial charge on any atom is -0.302 e. The molecule has 0 atom stereocenters. The summed E-state index contributed by atoms with van der Waals surface area (Å²) < 4.78 is 25.9. The number of rotatable bonds is 5.